The van der Waals surface area contributed by atoms with Crippen molar-refractivity contribution in [2.45, 2.75) is 20.3 Å². The Balaban J connectivity index is 2.41. The van der Waals surface area contributed by atoms with Crippen molar-refractivity contribution < 1.29 is 13.6 Å². The number of nitrogens with zero attached hydrogens (tertiary/aromatic N) is 1. The van der Waals surface area contributed by atoms with Crippen LogP contribution in [0, 0.1) is 11.6 Å². The van der Waals surface area contributed by atoms with E-state index in [-0.39, 0.29) is 5.56 Å². The third kappa shape index (κ3) is 4.59. The molecule has 0 aliphatic heterocycles. The zero-order chi connectivity index (χ0) is 14.3. The van der Waals surface area contributed by atoms with Crippen molar-refractivity contribution in [2.75, 3.05) is 26.2 Å². The molecule has 0 radical (unpaired) electrons. The summed E-state index contributed by atoms with van der Waals surface area (Å²) in [7, 11) is 0. The minimum absolute atomic E-state index is 0.247. The molecule has 0 atom stereocenters. The topological polar surface area (TPSA) is 32.3 Å². The normalized spacial score (nSPS) is 10.8. The lowest BCUT2D eigenvalue weighted by Crippen LogP contribution is -2.30. The Labute approximate surface area is 112 Å². The lowest BCUT2D eigenvalue weighted by atomic mass is 10.2. The van der Waals surface area contributed by atoms with Gasteiger partial charge in [-0.15, -0.1) is 0 Å². The standard InChI is InChI=1S/C14H20F2N2O/c1-3-18(4-2)10-6-9-17-14(19)11-7-5-8-12(15)13(11)16/h5,7-8H,3-4,6,9-10H2,1-2H3,(H,17,19). The second kappa shape index (κ2) is 7.84. The Morgan fingerprint density at radius 3 is 2.58 bits per heavy atom. The fourth-order valence-corrected chi connectivity index (χ4v) is 1.82. The lowest BCUT2D eigenvalue weighted by Gasteiger charge is -2.17. The van der Waals surface area contributed by atoms with Gasteiger partial charge in [0.25, 0.3) is 5.91 Å². The van der Waals surface area contributed by atoms with E-state index in [1.807, 2.05) is 0 Å². The highest BCUT2D eigenvalue weighted by Crippen LogP contribution is 2.10. The van der Waals surface area contributed by atoms with Crippen LogP contribution in [0.5, 0.6) is 0 Å². The van der Waals surface area contributed by atoms with E-state index in [0.29, 0.717) is 6.54 Å². The Hall–Kier alpha value is -1.49. The molecule has 1 aromatic carbocycles. The number of benzene rings is 1. The van der Waals surface area contributed by atoms with Gasteiger partial charge in [-0.05, 0) is 38.2 Å². The molecular formula is C14H20F2N2O. The summed E-state index contributed by atoms with van der Waals surface area (Å²) in [5.41, 5.74) is -0.247. The summed E-state index contributed by atoms with van der Waals surface area (Å²) < 4.78 is 26.3. The van der Waals surface area contributed by atoms with E-state index in [0.717, 1.165) is 32.1 Å². The maximum Gasteiger partial charge on any atom is 0.254 e. The van der Waals surface area contributed by atoms with Gasteiger partial charge in [0.2, 0.25) is 0 Å². The summed E-state index contributed by atoms with van der Waals surface area (Å²) >= 11 is 0. The fourth-order valence-electron chi connectivity index (χ4n) is 1.82. The number of carbonyl (C=O) groups excluding carboxylic acids is 1. The van der Waals surface area contributed by atoms with E-state index in [1.54, 1.807) is 0 Å². The highest BCUT2D eigenvalue weighted by atomic mass is 19.2. The van der Waals surface area contributed by atoms with Gasteiger partial charge in [-0.1, -0.05) is 19.9 Å². The molecule has 0 aliphatic carbocycles. The van der Waals surface area contributed by atoms with E-state index >= 15 is 0 Å². The van der Waals surface area contributed by atoms with Crippen molar-refractivity contribution in [3.63, 3.8) is 0 Å². The second-order valence-corrected chi connectivity index (χ2v) is 4.24. The number of amides is 1. The molecule has 0 saturated heterocycles. The largest absolute Gasteiger partial charge is 0.352 e. The predicted octanol–water partition coefficient (Wildman–Crippen LogP) is 2.43. The van der Waals surface area contributed by atoms with E-state index in [9.17, 15) is 13.6 Å². The third-order valence-electron chi connectivity index (χ3n) is 3.03. The van der Waals surface area contributed by atoms with Crippen LogP contribution in [-0.2, 0) is 0 Å². The average molecular weight is 270 g/mol. The van der Waals surface area contributed by atoms with Crippen LogP contribution in [0.1, 0.15) is 30.6 Å². The average Bonchev–Trinajstić information content (AvgIpc) is 2.42. The number of nitrogens with one attached hydrogen (secondary N) is 1. The lowest BCUT2D eigenvalue weighted by molar-refractivity contribution is 0.0946. The first-order chi connectivity index (χ1) is 9.10. The molecular weight excluding hydrogens is 250 g/mol. The molecule has 0 spiro atoms. The first-order valence-corrected chi connectivity index (χ1v) is 6.54. The van der Waals surface area contributed by atoms with Crippen molar-refractivity contribution in [1.82, 2.24) is 10.2 Å². The van der Waals surface area contributed by atoms with Crippen LogP contribution >= 0.6 is 0 Å². The molecule has 106 valence electrons. The molecule has 1 aromatic rings. The van der Waals surface area contributed by atoms with Gasteiger partial charge in [0, 0.05) is 6.54 Å². The summed E-state index contributed by atoms with van der Waals surface area (Å²) in [5, 5.41) is 2.60. The first-order valence-electron chi connectivity index (χ1n) is 6.54. The summed E-state index contributed by atoms with van der Waals surface area (Å²) in [6, 6.07) is 3.59. The van der Waals surface area contributed by atoms with Crippen LogP contribution in [0.2, 0.25) is 0 Å². The molecule has 0 heterocycles. The van der Waals surface area contributed by atoms with Crippen molar-refractivity contribution >= 4 is 5.91 Å². The molecule has 19 heavy (non-hydrogen) atoms. The number of carbonyl (C=O) groups is 1. The Morgan fingerprint density at radius 1 is 1.26 bits per heavy atom. The molecule has 0 fully saturated rings. The minimum Gasteiger partial charge on any atom is -0.352 e. The quantitative estimate of drug-likeness (QED) is 0.772. The van der Waals surface area contributed by atoms with Crippen molar-refractivity contribution in [2.24, 2.45) is 0 Å². The monoisotopic (exact) mass is 270 g/mol. The molecule has 0 aliphatic rings. The SMILES string of the molecule is CCN(CC)CCCNC(=O)c1cccc(F)c1F. The Morgan fingerprint density at radius 2 is 1.95 bits per heavy atom. The summed E-state index contributed by atoms with van der Waals surface area (Å²) in [5.74, 6) is -2.67. The molecule has 0 aromatic heterocycles. The van der Waals surface area contributed by atoms with Crippen LogP contribution in [0.4, 0.5) is 8.78 Å². The maximum absolute atomic E-state index is 13.4. The maximum atomic E-state index is 13.4. The molecule has 0 saturated carbocycles. The van der Waals surface area contributed by atoms with Gasteiger partial charge in [0.05, 0.1) is 5.56 Å². The smallest absolute Gasteiger partial charge is 0.254 e. The minimum atomic E-state index is -1.09. The molecule has 5 heteroatoms. The third-order valence-corrected chi connectivity index (χ3v) is 3.03. The highest BCUT2D eigenvalue weighted by molar-refractivity contribution is 5.94. The van der Waals surface area contributed by atoms with E-state index in [1.165, 1.54) is 12.1 Å². The van der Waals surface area contributed by atoms with Gasteiger partial charge in [0.1, 0.15) is 0 Å². The number of halogens is 2. The Bertz CT molecular complexity index is 420. The van der Waals surface area contributed by atoms with E-state index in [2.05, 4.69) is 24.1 Å². The summed E-state index contributed by atoms with van der Waals surface area (Å²) in [6.07, 6.45) is 0.782. The summed E-state index contributed by atoms with van der Waals surface area (Å²) in [4.78, 5) is 13.9. The van der Waals surface area contributed by atoms with Crippen LogP contribution in [0.15, 0.2) is 18.2 Å². The van der Waals surface area contributed by atoms with Gasteiger partial charge in [-0.2, -0.15) is 0 Å². The summed E-state index contributed by atoms with van der Waals surface area (Å²) in [6.45, 7) is 7.39. The number of rotatable bonds is 7. The number of hydrogen-bond donors (Lipinski definition) is 1. The zero-order valence-electron chi connectivity index (χ0n) is 11.4. The van der Waals surface area contributed by atoms with Crippen LogP contribution < -0.4 is 5.32 Å². The number of hydrogen-bond acceptors (Lipinski definition) is 2. The molecule has 3 nitrogen and oxygen atoms in total. The Kier molecular flexibility index (Phi) is 6.42. The molecule has 1 N–H and O–H groups in total. The van der Waals surface area contributed by atoms with Gasteiger partial charge in [0.15, 0.2) is 11.6 Å². The van der Waals surface area contributed by atoms with Gasteiger partial charge < -0.3 is 10.2 Å². The second-order valence-electron chi connectivity index (χ2n) is 4.24. The van der Waals surface area contributed by atoms with Crippen molar-refractivity contribution in [3.8, 4) is 0 Å². The van der Waals surface area contributed by atoms with Crippen LogP contribution in [-0.4, -0.2) is 37.0 Å². The molecule has 0 unspecified atom stereocenters. The predicted molar refractivity (Wildman–Crippen MR) is 71.1 cm³/mol. The van der Waals surface area contributed by atoms with Crippen LogP contribution in [0.3, 0.4) is 0 Å². The zero-order valence-corrected chi connectivity index (χ0v) is 11.4. The van der Waals surface area contributed by atoms with Crippen molar-refractivity contribution in [1.29, 1.82) is 0 Å². The highest BCUT2D eigenvalue weighted by Gasteiger charge is 2.14. The van der Waals surface area contributed by atoms with Gasteiger partial charge >= 0.3 is 0 Å². The fraction of sp³-hybridized carbons (Fsp3) is 0.500. The molecule has 0 bridgehead atoms. The molecule has 1 rings (SSSR count). The van der Waals surface area contributed by atoms with E-state index in [4.69, 9.17) is 0 Å². The molecule has 1 amide bonds. The van der Waals surface area contributed by atoms with Gasteiger partial charge in [-0.3, -0.25) is 4.79 Å². The van der Waals surface area contributed by atoms with Crippen LogP contribution in [0.25, 0.3) is 0 Å². The van der Waals surface area contributed by atoms with E-state index < -0.39 is 17.5 Å². The van der Waals surface area contributed by atoms with Gasteiger partial charge in [-0.25, -0.2) is 8.78 Å². The first kappa shape index (κ1) is 15.6. The van der Waals surface area contributed by atoms with Crippen molar-refractivity contribution in [3.05, 3.63) is 35.4 Å².